The molecule has 0 amide bonds. The van der Waals surface area contributed by atoms with Crippen molar-refractivity contribution in [3.63, 3.8) is 0 Å². The van der Waals surface area contributed by atoms with E-state index in [0.29, 0.717) is 23.7 Å². The van der Waals surface area contributed by atoms with Gasteiger partial charge in [-0.05, 0) is 42.8 Å². The summed E-state index contributed by atoms with van der Waals surface area (Å²) in [6.45, 7) is 2.84. The van der Waals surface area contributed by atoms with Crippen molar-refractivity contribution < 1.29 is 13.2 Å². The van der Waals surface area contributed by atoms with Crippen LogP contribution in [-0.2, 0) is 10.0 Å². The molecule has 136 valence electrons. The minimum absolute atomic E-state index is 0.172. The summed E-state index contributed by atoms with van der Waals surface area (Å²) in [4.78, 5) is 0.172. The van der Waals surface area contributed by atoms with Gasteiger partial charge in [-0.15, -0.1) is 0 Å². The topological polar surface area (TPSA) is 81.4 Å². The van der Waals surface area contributed by atoms with Crippen LogP contribution in [0.15, 0.2) is 53.4 Å². The van der Waals surface area contributed by atoms with Gasteiger partial charge in [-0.2, -0.15) is 0 Å². The maximum absolute atomic E-state index is 12.4. The van der Waals surface area contributed by atoms with Crippen molar-refractivity contribution in [3.05, 3.63) is 48.5 Å². The molecule has 0 aliphatic carbocycles. The Morgan fingerprint density at radius 3 is 2.32 bits per heavy atom. The Morgan fingerprint density at radius 1 is 0.960 bits per heavy atom. The van der Waals surface area contributed by atoms with Gasteiger partial charge >= 0.3 is 0 Å². The Labute approximate surface area is 150 Å². The first-order valence-corrected chi connectivity index (χ1v) is 10.1. The Morgan fingerprint density at radius 2 is 1.64 bits per heavy atom. The number of rotatable bonds is 10. The van der Waals surface area contributed by atoms with E-state index in [4.69, 9.17) is 10.5 Å². The van der Waals surface area contributed by atoms with Crippen LogP contribution in [0.2, 0.25) is 0 Å². The summed E-state index contributed by atoms with van der Waals surface area (Å²) >= 11 is 0. The van der Waals surface area contributed by atoms with Crippen molar-refractivity contribution in [2.75, 3.05) is 17.1 Å². The van der Waals surface area contributed by atoms with Gasteiger partial charge in [0.05, 0.1) is 22.9 Å². The number of hydrogen-bond donors (Lipinski definition) is 2. The Hall–Kier alpha value is -2.21. The molecule has 0 heterocycles. The molecule has 0 unspecified atom stereocenters. The first-order chi connectivity index (χ1) is 12.0. The third-order valence-electron chi connectivity index (χ3n) is 3.86. The van der Waals surface area contributed by atoms with Gasteiger partial charge in [0.15, 0.2) is 0 Å². The summed E-state index contributed by atoms with van der Waals surface area (Å²) in [5.74, 6) is 0.675. The fourth-order valence-electron chi connectivity index (χ4n) is 2.40. The van der Waals surface area contributed by atoms with Crippen molar-refractivity contribution in [2.45, 2.75) is 43.9 Å². The fraction of sp³-hybridized carbons (Fsp3) is 0.368. The summed E-state index contributed by atoms with van der Waals surface area (Å²) in [6.07, 6.45) is 5.87. The summed E-state index contributed by atoms with van der Waals surface area (Å²) in [7, 11) is -3.67. The highest BCUT2D eigenvalue weighted by Crippen LogP contribution is 2.23. The fourth-order valence-corrected chi connectivity index (χ4v) is 3.49. The zero-order valence-corrected chi connectivity index (χ0v) is 15.4. The molecular weight excluding hydrogens is 336 g/mol. The van der Waals surface area contributed by atoms with Crippen LogP contribution in [0.25, 0.3) is 0 Å². The number of ether oxygens (including phenoxy) is 1. The molecule has 0 aromatic heterocycles. The molecule has 0 saturated heterocycles. The van der Waals surface area contributed by atoms with E-state index in [0.717, 1.165) is 12.8 Å². The van der Waals surface area contributed by atoms with Crippen molar-refractivity contribution in [1.29, 1.82) is 0 Å². The third kappa shape index (κ3) is 5.98. The standard InChI is InChI=1S/C19H26N2O3S/c1-2-3-4-5-8-15-24-16-11-13-17(14-12-16)25(22,23)21-19-10-7-6-9-18(19)20/h6-7,9-14,21H,2-5,8,15,20H2,1H3. The lowest BCUT2D eigenvalue weighted by atomic mass is 10.2. The molecule has 0 radical (unpaired) electrons. The molecule has 3 N–H and O–H groups in total. The maximum Gasteiger partial charge on any atom is 0.261 e. The third-order valence-corrected chi connectivity index (χ3v) is 5.24. The molecule has 0 aliphatic heterocycles. The van der Waals surface area contributed by atoms with E-state index in [-0.39, 0.29) is 4.90 Å². The molecule has 5 nitrogen and oxygen atoms in total. The second-order valence-corrected chi connectivity index (χ2v) is 7.61. The predicted molar refractivity (Wildman–Crippen MR) is 102 cm³/mol. The number of sulfonamides is 1. The van der Waals surface area contributed by atoms with Gasteiger partial charge < -0.3 is 10.5 Å². The molecule has 2 aromatic rings. The van der Waals surface area contributed by atoms with E-state index in [1.807, 2.05) is 0 Å². The molecule has 0 atom stereocenters. The highest BCUT2D eigenvalue weighted by Gasteiger charge is 2.15. The van der Waals surface area contributed by atoms with Gasteiger partial charge in [0.1, 0.15) is 5.75 Å². The number of hydrogen-bond acceptors (Lipinski definition) is 4. The van der Waals surface area contributed by atoms with Crippen LogP contribution in [0.3, 0.4) is 0 Å². The van der Waals surface area contributed by atoms with Gasteiger partial charge in [0, 0.05) is 0 Å². The Balaban J connectivity index is 1.91. The lowest BCUT2D eigenvalue weighted by Crippen LogP contribution is -2.14. The molecular formula is C19H26N2O3S. The summed E-state index contributed by atoms with van der Waals surface area (Å²) in [5, 5.41) is 0. The van der Waals surface area contributed by atoms with Crippen molar-refractivity contribution in [2.24, 2.45) is 0 Å². The highest BCUT2D eigenvalue weighted by molar-refractivity contribution is 7.92. The summed E-state index contributed by atoms with van der Waals surface area (Å²) in [6, 6.07) is 13.2. The number of unbranched alkanes of at least 4 members (excludes halogenated alkanes) is 4. The molecule has 0 saturated carbocycles. The minimum atomic E-state index is -3.67. The molecule has 0 spiro atoms. The monoisotopic (exact) mass is 362 g/mol. The number of nitrogens with one attached hydrogen (secondary N) is 1. The van der Waals surface area contributed by atoms with E-state index in [1.165, 1.54) is 31.4 Å². The average Bonchev–Trinajstić information content (AvgIpc) is 2.60. The van der Waals surface area contributed by atoms with E-state index < -0.39 is 10.0 Å². The maximum atomic E-state index is 12.4. The molecule has 0 aliphatic rings. The Bertz CT molecular complexity index is 758. The van der Waals surface area contributed by atoms with Gasteiger partial charge in [-0.1, -0.05) is 44.7 Å². The summed E-state index contributed by atoms with van der Waals surface area (Å²) < 4.78 is 33.0. The van der Waals surface area contributed by atoms with Crippen LogP contribution >= 0.6 is 0 Å². The molecule has 2 aromatic carbocycles. The predicted octanol–water partition coefficient (Wildman–Crippen LogP) is 4.42. The second-order valence-electron chi connectivity index (χ2n) is 5.93. The SMILES string of the molecule is CCCCCCCOc1ccc(S(=O)(=O)Nc2ccccc2N)cc1. The lowest BCUT2D eigenvalue weighted by Gasteiger charge is -2.11. The number of nitrogens with two attached hydrogens (primary N) is 1. The lowest BCUT2D eigenvalue weighted by molar-refractivity contribution is 0.304. The highest BCUT2D eigenvalue weighted by atomic mass is 32.2. The zero-order chi connectivity index (χ0) is 18.1. The number of nitrogen functional groups attached to an aromatic ring is 1. The van der Waals surface area contributed by atoms with Crippen LogP contribution in [-0.4, -0.2) is 15.0 Å². The quantitative estimate of drug-likeness (QED) is 0.484. The van der Waals surface area contributed by atoms with E-state index in [2.05, 4.69) is 11.6 Å². The van der Waals surface area contributed by atoms with Gasteiger partial charge in [0.2, 0.25) is 0 Å². The largest absolute Gasteiger partial charge is 0.494 e. The molecule has 25 heavy (non-hydrogen) atoms. The van der Waals surface area contributed by atoms with E-state index in [9.17, 15) is 8.42 Å². The molecule has 0 fully saturated rings. The first-order valence-electron chi connectivity index (χ1n) is 8.63. The molecule has 6 heteroatoms. The molecule has 0 bridgehead atoms. The minimum Gasteiger partial charge on any atom is -0.494 e. The normalized spacial score (nSPS) is 11.2. The summed E-state index contributed by atoms with van der Waals surface area (Å²) in [5.41, 5.74) is 6.54. The first kappa shape index (κ1) is 19.1. The molecule has 2 rings (SSSR count). The van der Waals surface area contributed by atoms with E-state index >= 15 is 0 Å². The van der Waals surface area contributed by atoms with Crippen LogP contribution in [0.5, 0.6) is 5.75 Å². The van der Waals surface area contributed by atoms with Crippen LogP contribution in [0.1, 0.15) is 39.0 Å². The van der Waals surface area contributed by atoms with Crippen LogP contribution in [0.4, 0.5) is 11.4 Å². The van der Waals surface area contributed by atoms with Crippen molar-refractivity contribution >= 4 is 21.4 Å². The smallest absolute Gasteiger partial charge is 0.261 e. The average molecular weight is 362 g/mol. The van der Waals surface area contributed by atoms with E-state index in [1.54, 1.807) is 36.4 Å². The van der Waals surface area contributed by atoms with Gasteiger partial charge in [0.25, 0.3) is 10.0 Å². The van der Waals surface area contributed by atoms with Crippen LogP contribution in [0, 0.1) is 0 Å². The van der Waals surface area contributed by atoms with Crippen LogP contribution < -0.4 is 15.2 Å². The number of anilines is 2. The van der Waals surface area contributed by atoms with Crippen molar-refractivity contribution in [1.82, 2.24) is 0 Å². The second kappa shape index (κ2) is 9.32. The van der Waals surface area contributed by atoms with Gasteiger partial charge in [-0.3, -0.25) is 4.72 Å². The van der Waals surface area contributed by atoms with Crippen molar-refractivity contribution in [3.8, 4) is 5.75 Å². The Kier molecular flexibility index (Phi) is 7.13. The number of benzene rings is 2. The zero-order valence-electron chi connectivity index (χ0n) is 14.6. The van der Waals surface area contributed by atoms with Gasteiger partial charge in [-0.25, -0.2) is 8.42 Å². The number of para-hydroxylation sites is 2.